The van der Waals surface area contributed by atoms with E-state index in [4.69, 9.17) is 5.73 Å². The molecule has 0 radical (unpaired) electrons. The summed E-state index contributed by atoms with van der Waals surface area (Å²) in [6, 6.07) is 24.2. The summed E-state index contributed by atoms with van der Waals surface area (Å²) in [4.78, 5) is 32.8. The molecule has 0 aliphatic rings. The Hall–Kier alpha value is -4.56. The molecule has 0 bridgehead atoms. The average Bonchev–Trinajstić information content (AvgIpc) is 2.89. The lowest BCUT2D eigenvalue weighted by Crippen LogP contribution is -2.28. The van der Waals surface area contributed by atoms with Crippen LogP contribution >= 0.6 is 0 Å². The van der Waals surface area contributed by atoms with Crippen LogP contribution in [0.3, 0.4) is 0 Å². The third-order valence-corrected chi connectivity index (χ3v) is 5.32. The zero-order chi connectivity index (χ0) is 24.5. The molecule has 8 heteroatoms. The van der Waals surface area contributed by atoms with Crippen LogP contribution in [0.5, 0.6) is 0 Å². The Bertz CT molecular complexity index is 1280. The van der Waals surface area contributed by atoms with Crippen LogP contribution in [0.15, 0.2) is 91.3 Å². The number of rotatable bonds is 9. The van der Waals surface area contributed by atoms with Gasteiger partial charge in [-0.2, -0.15) is 0 Å². The molecule has 2 aromatic carbocycles. The molecule has 3 amide bonds. The van der Waals surface area contributed by atoms with Crippen molar-refractivity contribution in [3.05, 3.63) is 114 Å². The van der Waals surface area contributed by atoms with Gasteiger partial charge in [-0.15, -0.1) is 0 Å². The van der Waals surface area contributed by atoms with Crippen molar-refractivity contribution in [3.63, 3.8) is 0 Å². The fraction of sp³-hybridized carbons (Fsp3) is 0.111. The highest BCUT2D eigenvalue weighted by Gasteiger charge is 2.12. The second kappa shape index (κ2) is 11.5. The van der Waals surface area contributed by atoms with E-state index >= 15 is 0 Å². The van der Waals surface area contributed by atoms with Gasteiger partial charge >= 0.3 is 6.03 Å². The van der Waals surface area contributed by atoms with Gasteiger partial charge < -0.3 is 21.7 Å². The Morgan fingerprint density at radius 3 is 2.29 bits per heavy atom. The highest BCUT2D eigenvalue weighted by molar-refractivity contribution is 5.94. The zero-order valence-corrected chi connectivity index (χ0v) is 19.1. The molecular weight excluding hydrogens is 440 g/mol. The molecule has 0 unspecified atom stereocenters. The zero-order valence-electron chi connectivity index (χ0n) is 19.1. The lowest BCUT2D eigenvalue weighted by atomic mass is 10.1. The van der Waals surface area contributed by atoms with E-state index in [1.807, 2.05) is 54.6 Å². The summed E-state index contributed by atoms with van der Waals surface area (Å²) in [5, 5.41) is 8.92. The lowest BCUT2D eigenvalue weighted by molar-refractivity contribution is 0.0999. The van der Waals surface area contributed by atoms with Gasteiger partial charge in [-0.05, 0) is 41.5 Å². The van der Waals surface area contributed by atoms with Crippen LogP contribution in [-0.2, 0) is 19.6 Å². The van der Waals surface area contributed by atoms with Gasteiger partial charge in [0.25, 0.3) is 5.91 Å². The molecule has 35 heavy (non-hydrogen) atoms. The fourth-order valence-corrected chi connectivity index (χ4v) is 3.53. The van der Waals surface area contributed by atoms with Crippen molar-refractivity contribution < 1.29 is 9.59 Å². The number of benzene rings is 2. The number of hydrogen-bond acceptors (Lipinski definition) is 5. The van der Waals surface area contributed by atoms with E-state index in [0.29, 0.717) is 42.3 Å². The summed E-state index contributed by atoms with van der Waals surface area (Å²) < 4.78 is 0. The Morgan fingerprint density at radius 2 is 1.57 bits per heavy atom. The van der Waals surface area contributed by atoms with E-state index in [9.17, 15) is 9.59 Å². The average molecular weight is 467 g/mol. The summed E-state index contributed by atoms with van der Waals surface area (Å²) in [6.07, 6.45) is 3.39. The number of urea groups is 1. The Morgan fingerprint density at radius 1 is 0.800 bits per heavy atom. The van der Waals surface area contributed by atoms with Crippen molar-refractivity contribution >= 4 is 17.6 Å². The van der Waals surface area contributed by atoms with Crippen LogP contribution < -0.4 is 21.7 Å². The molecule has 0 saturated carbocycles. The maximum absolute atomic E-state index is 12.2. The molecule has 4 aromatic rings. The van der Waals surface area contributed by atoms with E-state index in [1.54, 1.807) is 36.7 Å². The topological polar surface area (TPSA) is 122 Å². The first-order chi connectivity index (χ1) is 17.1. The first kappa shape index (κ1) is 23.6. The van der Waals surface area contributed by atoms with Crippen molar-refractivity contribution in [2.75, 3.05) is 5.32 Å². The number of amides is 3. The molecule has 176 valence electrons. The second-order valence-electron chi connectivity index (χ2n) is 7.89. The SMILES string of the molecule is NC(=O)c1ccc(-c2ccc(NC(=O)NCc3cccnc3)cc2)nc1CNCc1ccccc1. The molecule has 0 aliphatic heterocycles. The number of carbonyl (C=O) groups is 2. The quantitative estimate of drug-likeness (QED) is 0.298. The minimum Gasteiger partial charge on any atom is -0.366 e. The first-order valence-corrected chi connectivity index (χ1v) is 11.2. The standard InChI is InChI=1S/C27H26N6O2/c28-26(34)23-12-13-24(33-25(23)18-30-15-19-5-2-1-3-6-19)21-8-10-22(11-9-21)32-27(35)31-17-20-7-4-14-29-16-20/h1-14,16,30H,15,17-18H2,(H2,28,34)(H2,31,32,35). The van der Waals surface area contributed by atoms with Crippen LogP contribution in [0.4, 0.5) is 10.5 Å². The van der Waals surface area contributed by atoms with Crippen LogP contribution in [0.1, 0.15) is 27.2 Å². The minimum atomic E-state index is -0.516. The van der Waals surface area contributed by atoms with Crippen LogP contribution in [0.2, 0.25) is 0 Å². The van der Waals surface area contributed by atoms with Crippen molar-refractivity contribution in [1.82, 2.24) is 20.6 Å². The highest BCUT2D eigenvalue weighted by atomic mass is 16.2. The van der Waals surface area contributed by atoms with Gasteiger partial charge in [0.2, 0.25) is 0 Å². The molecule has 0 atom stereocenters. The molecule has 8 nitrogen and oxygen atoms in total. The number of primary amides is 1. The second-order valence-corrected chi connectivity index (χ2v) is 7.89. The van der Waals surface area contributed by atoms with Crippen molar-refractivity contribution in [3.8, 4) is 11.3 Å². The summed E-state index contributed by atoms with van der Waals surface area (Å²) in [5.74, 6) is -0.516. The Labute approximate surface area is 203 Å². The fourth-order valence-electron chi connectivity index (χ4n) is 3.53. The molecule has 0 fully saturated rings. The Balaban J connectivity index is 1.39. The highest BCUT2D eigenvalue weighted by Crippen LogP contribution is 2.21. The Kier molecular flexibility index (Phi) is 7.77. The smallest absolute Gasteiger partial charge is 0.319 e. The van der Waals surface area contributed by atoms with Gasteiger partial charge in [-0.3, -0.25) is 14.8 Å². The summed E-state index contributed by atoms with van der Waals surface area (Å²) >= 11 is 0. The molecule has 0 aliphatic carbocycles. The van der Waals surface area contributed by atoms with Crippen molar-refractivity contribution in [1.29, 1.82) is 0 Å². The predicted octanol–water partition coefficient (Wildman–Crippen LogP) is 3.85. The van der Waals surface area contributed by atoms with Gasteiger partial charge in [-0.25, -0.2) is 4.79 Å². The van der Waals surface area contributed by atoms with E-state index in [1.165, 1.54) is 0 Å². The molecule has 5 N–H and O–H groups in total. The number of hydrogen-bond donors (Lipinski definition) is 4. The van der Waals surface area contributed by atoms with Crippen molar-refractivity contribution in [2.45, 2.75) is 19.6 Å². The van der Waals surface area contributed by atoms with Gasteiger partial charge in [0.15, 0.2) is 0 Å². The number of nitrogens with zero attached hydrogens (tertiary/aromatic N) is 2. The van der Waals surface area contributed by atoms with Gasteiger partial charge in [0.05, 0.1) is 17.0 Å². The predicted molar refractivity (Wildman–Crippen MR) is 135 cm³/mol. The largest absolute Gasteiger partial charge is 0.366 e. The molecule has 2 heterocycles. The van der Waals surface area contributed by atoms with E-state index in [2.05, 4.69) is 25.9 Å². The normalized spacial score (nSPS) is 10.5. The molecular formula is C27H26N6O2. The lowest BCUT2D eigenvalue weighted by Gasteiger charge is -2.11. The minimum absolute atomic E-state index is 0.308. The number of pyridine rings is 2. The molecule has 0 spiro atoms. The third-order valence-electron chi connectivity index (χ3n) is 5.32. The van der Waals surface area contributed by atoms with Gasteiger partial charge in [0.1, 0.15) is 0 Å². The van der Waals surface area contributed by atoms with Crippen LogP contribution in [-0.4, -0.2) is 21.9 Å². The third kappa shape index (κ3) is 6.72. The van der Waals surface area contributed by atoms with Gasteiger partial charge in [-0.1, -0.05) is 48.5 Å². The number of nitrogens with two attached hydrogens (primary N) is 1. The summed E-state index contributed by atoms with van der Waals surface area (Å²) in [6.45, 7) is 1.43. The molecule has 0 saturated heterocycles. The van der Waals surface area contributed by atoms with Crippen molar-refractivity contribution in [2.24, 2.45) is 5.73 Å². The van der Waals surface area contributed by atoms with E-state index in [-0.39, 0.29) is 6.03 Å². The number of aromatic nitrogens is 2. The maximum atomic E-state index is 12.2. The first-order valence-electron chi connectivity index (χ1n) is 11.2. The number of nitrogens with one attached hydrogen (secondary N) is 3. The number of anilines is 1. The van der Waals surface area contributed by atoms with Gasteiger partial charge in [0, 0.05) is 43.3 Å². The van der Waals surface area contributed by atoms with Crippen LogP contribution in [0.25, 0.3) is 11.3 Å². The number of carbonyl (C=O) groups excluding carboxylic acids is 2. The molecule has 4 rings (SSSR count). The summed E-state index contributed by atoms with van der Waals surface area (Å²) in [5.41, 5.74) is 10.8. The van der Waals surface area contributed by atoms with Crippen LogP contribution in [0, 0.1) is 0 Å². The van der Waals surface area contributed by atoms with E-state index in [0.717, 1.165) is 16.7 Å². The monoisotopic (exact) mass is 466 g/mol. The summed E-state index contributed by atoms with van der Waals surface area (Å²) in [7, 11) is 0. The molecule has 2 aromatic heterocycles. The van der Waals surface area contributed by atoms with E-state index < -0.39 is 5.91 Å². The maximum Gasteiger partial charge on any atom is 0.319 e.